The Labute approximate surface area is 257 Å². The van der Waals surface area contributed by atoms with Crippen molar-refractivity contribution in [3.8, 4) is 23.1 Å². The Morgan fingerprint density at radius 3 is 2.60 bits per heavy atom. The van der Waals surface area contributed by atoms with Gasteiger partial charge in [-0.15, -0.1) is 6.58 Å². The first kappa shape index (κ1) is 28.3. The van der Waals surface area contributed by atoms with Crippen molar-refractivity contribution < 1.29 is 13.9 Å². The Balaban J connectivity index is 1.41. The highest BCUT2D eigenvalue weighted by Gasteiger charge is 2.17. The minimum absolute atomic E-state index is 0.254. The van der Waals surface area contributed by atoms with E-state index in [0.717, 1.165) is 16.5 Å². The summed E-state index contributed by atoms with van der Waals surface area (Å²) in [7, 11) is 1.57. The standard InChI is InChI=1S/C34H25Cl2N3O4/c1-3-8-24-15-22(17-30(41-2)32(24)42-20-21-13-14-26(35)27(36)16-21)19-37-39-33(31-18-23-9-4-7-12-29(23)43-31)38-28-11-6-5-10-25(28)34(39)40/h3-7,9-19H,1,8,20H2,2H3. The molecule has 2 aromatic heterocycles. The van der Waals surface area contributed by atoms with Crippen molar-refractivity contribution in [3.05, 3.63) is 135 Å². The van der Waals surface area contributed by atoms with Crippen LogP contribution in [0.2, 0.25) is 10.0 Å². The van der Waals surface area contributed by atoms with E-state index in [9.17, 15) is 4.79 Å². The van der Waals surface area contributed by atoms with E-state index >= 15 is 0 Å². The van der Waals surface area contributed by atoms with Crippen LogP contribution in [0.15, 0.2) is 112 Å². The molecule has 0 fully saturated rings. The molecule has 0 aliphatic carbocycles. The van der Waals surface area contributed by atoms with Gasteiger partial charge < -0.3 is 13.9 Å². The van der Waals surface area contributed by atoms with E-state index in [-0.39, 0.29) is 18.0 Å². The van der Waals surface area contributed by atoms with Crippen LogP contribution in [0.5, 0.6) is 11.5 Å². The van der Waals surface area contributed by atoms with Crippen LogP contribution in [-0.2, 0) is 13.0 Å². The summed E-state index contributed by atoms with van der Waals surface area (Å²) in [5.41, 5.74) is 3.28. The van der Waals surface area contributed by atoms with E-state index < -0.39 is 0 Å². The largest absolute Gasteiger partial charge is 0.493 e. The first-order chi connectivity index (χ1) is 20.9. The zero-order chi connectivity index (χ0) is 29.9. The Hall–Kier alpha value is -4.85. The van der Waals surface area contributed by atoms with Gasteiger partial charge in [0.15, 0.2) is 17.3 Å². The zero-order valence-electron chi connectivity index (χ0n) is 23.1. The molecule has 0 aliphatic heterocycles. The number of ether oxygens (including phenoxy) is 2. The summed E-state index contributed by atoms with van der Waals surface area (Å²) in [4.78, 5) is 18.4. The Bertz CT molecular complexity index is 2050. The maximum atomic E-state index is 13.7. The number of aromatic nitrogens is 2. The predicted molar refractivity (Wildman–Crippen MR) is 172 cm³/mol. The number of nitrogens with zero attached hydrogens (tertiary/aromatic N) is 3. The minimum atomic E-state index is -0.322. The predicted octanol–water partition coefficient (Wildman–Crippen LogP) is 8.31. The summed E-state index contributed by atoms with van der Waals surface area (Å²) in [6.45, 7) is 4.15. The maximum absolute atomic E-state index is 13.7. The van der Waals surface area contributed by atoms with Crippen LogP contribution >= 0.6 is 23.2 Å². The van der Waals surface area contributed by atoms with Gasteiger partial charge in [0, 0.05) is 10.9 Å². The summed E-state index contributed by atoms with van der Waals surface area (Å²) in [6.07, 6.45) is 3.87. The number of rotatable bonds is 9. The molecule has 0 N–H and O–H groups in total. The van der Waals surface area contributed by atoms with Gasteiger partial charge in [-0.2, -0.15) is 9.78 Å². The lowest BCUT2D eigenvalue weighted by molar-refractivity contribution is 0.282. The van der Waals surface area contributed by atoms with Gasteiger partial charge in [0.05, 0.1) is 34.3 Å². The Morgan fingerprint density at radius 2 is 1.81 bits per heavy atom. The third-order valence-electron chi connectivity index (χ3n) is 6.83. The topological polar surface area (TPSA) is 78.9 Å². The highest BCUT2D eigenvalue weighted by molar-refractivity contribution is 6.42. The van der Waals surface area contributed by atoms with Gasteiger partial charge in [-0.1, -0.05) is 65.7 Å². The average Bonchev–Trinajstić information content (AvgIpc) is 3.46. The van der Waals surface area contributed by atoms with E-state index in [1.165, 1.54) is 4.68 Å². The molecule has 0 atom stereocenters. The van der Waals surface area contributed by atoms with Crippen molar-refractivity contribution in [2.75, 3.05) is 7.11 Å². The van der Waals surface area contributed by atoms with Crippen LogP contribution in [0.25, 0.3) is 33.5 Å². The number of hydrogen-bond donors (Lipinski definition) is 0. The summed E-state index contributed by atoms with van der Waals surface area (Å²) < 4.78 is 19.2. The molecule has 0 saturated heterocycles. The molecule has 6 aromatic rings. The van der Waals surface area contributed by atoms with Crippen LogP contribution in [0.4, 0.5) is 0 Å². The van der Waals surface area contributed by atoms with Crippen molar-refractivity contribution in [3.63, 3.8) is 0 Å². The lowest BCUT2D eigenvalue weighted by Crippen LogP contribution is -2.20. The molecule has 6 rings (SSSR count). The number of benzene rings is 4. The molecule has 9 heteroatoms. The lowest BCUT2D eigenvalue weighted by Gasteiger charge is -2.16. The van der Waals surface area contributed by atoms with Gasteiger partial charge in [-0.05, 0) is 66.1 Å². The molecule has 43 heavy (non-hydrogen) atoms. The summed E-state index contributed by atoms with van der Waals surface area (Å²) in [5, 5.41) is 6.86. The van der Waals surface area contributed by atoms with Crippen LogP contribution in [0.3, 0.4) is 0 Å². The van der Waals surface area contributed by atoms with Gasteiger partial charge in [0.25, 0.3) is 5.56 Å². The number of methoxy groups -OCH3 is 1. The number of hydrogen-bond acceptors (Lipinski definition) is 6. The maximum Gasteiger partial charge on any atom is 0.282 e. The second-order valence-electron chi connectivity index (χ2n) is 9.70. The summed E-state index contributed by atoms with van der Waals surface area (Å²) in [6, 6.07) is 25.7. The second kappa shape index (κ2) is 12.2. The molecule has 0 bridgehead atoms. The number of furan rings is 1. The summed E-state index contributed by atoms with van der Waals surface area (Å²) in [5.74, 6) is 1.79. The average molecular weight is 610 g/mol. The van der Waals surface area contributed by atoms with Crippen LogP contribution < -0.4 is 15.0 Å². The Kier molecular flexibility index (Phi) is 8.01. The molecule has 214 valence electrons. The minimum Gasteiger partial charge on any atom is -0.493 e. The monoisotopic (exact) mass is 609 g/mol. The van der Waals surface area contributed by atoms with Crippen LogP contribution in [-0.4, -0.2) is 23.0 Å². The molecular weight excluding hydrogens is 585 g/mol. The molecule has 4 aromatic carbocycles. The number of allylic oxidation sites excluding steroid dienone is 1. The molecule has 0 saturated carbocycles. The van der Waals surface area contributed by atoms with Gasteiger partial charge in [0.2, 0.25) is 5.82 Å². The lowest BCUT2D eigenvalue weighted by atomic mass is 10.1. The fourth-order valence-corrected chi connectivity index (χ4v) is 5.09. The van der Waals surface area contributed by atoms with Crippen molar-refractivity contribution >= 4 is 51.3 Å². The fraction of sp³-hybridized carbons (Fsp3) is 0.0882. The third-order valence-corrected chi connectivity index (χ3v) is 7.57. The number of fused-ring (bicyclic) bond motifs is 2. The van der Waals surface area contributed by atoms with Gasteiger partial charge >= 0.3 is 0 Å². The first-order valence-corrected chi connectivity index (χ1v) is 14.1. The zero-order valence-corrected chi connectivity index (χ0v) is 24.6. The van der Waals surface area contributed by atoms with Crippen LogP contribution in [0.1, 0.15) is 16.7 Å². The molecule has 0 spiro atoms. The van der Waals surface area contributed by atoms with E-state index in [1.54, 1.807) is 55.8 Å². The Morgan fingerprint density at radius 1 is 1.00 bits per heavy atom. The van der Waals surface area contributed by atoms with Crippen LogP contribution in [0, 0.1) is 0 Å². The number of halogens is 2. The summed E-state index contributed by atoms with van der Waals surface area (Å²) >= 11 is 12.2. The molecule has 0 unspecified atom stereocenters. The van der Waals surface area contributed by atoms with E-state index in [0.29, 0.717) is 55.8 Å². The third kappa shape index (κ3) is 5.78. The first-order valence-electron chi connectivity index (χ1n) is 13.4. The normalized spacial score (nSPS) is 11.4. The van der Waals surface area contributed by atoms with Gasteiger partial charge in [-0.25, -0.2) is 4.98 Å². The van der Waals surface area contributed by atoms with Crippen molar-refractivity contribution in [2.24, 2.45) is 5.10 Å². The van der Waals surface area contributed by atoms with Gasteiger partial charge in [-0.3, -0.25) is 4.79 Å². The smallest absolute Gasteiger partial charge is 0.282 e. The second-order valence-corrected chi connectivity index (χ2v) is 10.5. The highest BCUT2D eigenvalue weighted by atomic mass is 35.5. The molecule has 7 nitrogen and oxygen atoms in total. The fourth-order valence-electron chi connectivity index (χ4n) is 4.77. The van der Waals surface area contributed by atoms with E-state index in [1.807, 2.05) is 48.5 Å². The SMILES string of the molecule is C=CCc1cc(C=Nn2c(-c3cc4ccccc4o3)nc3ccccc3c2=O)cc(OC)c1OCc1ccc(Cl)c(Cl)c1. The highest BCUT2D eigenvalue weighted by Crippen LogP contribution is 2.35. The van der Waals surface area contributed by atoms with Gasteiger partial charge in [0.1, 0.15) is 12.2 Å². The van der Waals surface area contributed by atoms with Crippen molar-refractivity contribution in [2.45, 2.75) is 13.0 Å². The number of para-hydroxylation sites is 2. The molecule has 2 heterocycles. The molecule has 0 radical (unpaired) electrons. The van der Waals surface area contributed by atoms with Crippen molar-refractivity contribution in [1.29, 1.82) is 0 Å². The van der Waals surface area contributed by atoms with Crippen molar-refractivity contribution in [1.82, 2.24) is 9.66 Å². The molecular formula is C34H25Cl2N3O4. The molecule has 0 aliphatic rings. The molecule has 0 amide bonds. The quantitative estimate of drug-likeness (QED) is 0.122. The van der Waals surface area contributed by atoms with E-state index in [4.69, 9.17) is 42.1 Å². The van der Waals surface area contributed by atoms with E-state index in [2.05, 4.69) is 11.7 Å².